The van der Waals surface area contributed by atoms with Crippen LogP contribution < -0.4 is 0 Å². The Bertz CT molecular complexity index is 632. The van der Waals surface area contributed by atoms with Gasteiger partial charge in [0.1, 0.15) is 0 Å². The van der Waals surface area contributed by atoms with E-state index in [1.165, 1.54) is 0 Å². The highest BCUT2D eigenvalue weighted by Crippen LogP contribution is 2.40. The first-order chi connectivity index (χ1) is 10.3. The fourth-order valence-corrected chi connectivity index (χ4v) is 2.88. The molecule has 116 valence electrons. The molecule has 22 heavy (non-hydrogen) atoms. The summed E-state index contributed by atoms with van der Waals surface area (Å²) >= 11 is 6.69. The predicted octanol–water partition coefficient (Wildman–Crippen LogP) is 5.16. The molecule has 0 fully saturated rings. The highest BCUT2D eigenvalue weighted by Gasteiger charge is 2.36. The zero-order valence-electron chi connectivity index (χ0n) is 13.1. The molecule has 3 heteroatoms. The van der Waals surface area contributed by atoms with Crippen LogP contribution in [0.15, 0.2) is 54.6 Å². The zero-order valence-corrected chi connectivity index (χ0v) is 13.8. The van der Waals surface area contributed by atoms with Crippen molar-refractivity contribution in [3.05, 3.63) is 60.2 Å². The van der Waals surface area contributed by atoms with Crippen molar-refractivity contribution in [1.82, 2.24) is 0 Å². The number of rotatable bonds is 5. The van der Waals surface area contributed by atoms with E-state index >= 15 is 0 Å². The maximum atomic E-state index is 11.2. The lowest BCUT2D eigenvalue weighted by atomic mass is 9.80. The first-order valence-electron chi connectivity index (χ1n) is 7.41. The van der Waals surface area contributed by atoms with Crippen LogP contribution in [0, 0.1) is 11.8 Å². The summed E-state index contributed by atoms with van der Waals surface area (Å²) in [4.78, 5) is 10.5. The number of carboxylic acid groups (broad SMARTS) is 1. The summed E-state index contributed by atoms with van der Waals surface area (Å²) in [5.41, 5.74) is 3.21. The van der Waals surface area contributed by atoms with E-state index in [1.807, 2.05) is 56.3 Å². The topological polar surface area (TPSA) is 37.3 Å². The smallest absolute Gasteiger partial charge is 0.306 e. The number of hydrogen-bond acceptors (Lipinski definition) is 1. The lowest BCUT2D eigenvalue weighted by Gasteiger charge is -2.32. The van der Waals surface area contributed by atoms with Gasteiger partial charge in [-0.2, -0.15) is 0 Å². The Morgan fingerprint density at radius 3 is 2.00 bits per heavy atom. The molecule has 0 spiro atoms. The SMILES string of the molecule is CC(C(=O)O)C(C)C(C)(Cl)c1ccc(-c2ccccc2)cc1. The van der Waals surface area contributed by atoms with Gasteiger partial charge < -0.3 is 5.11 Å². The number of halogens is 1. The van der Waals surface area contributed by atoms with E-state index in [1.54, 1.807) is 6.92 Å². The van der Waals surface area contributed by atoms with Crippen LogP contribution in [-0.4, -0.2) is 11.1 Å². The monoisotopic (exact) mass is 316 g/mol. The molecule has 0 aliphatic carbocycles. The van der Waals surface area contributed by atoms with Crippen molar-refractivity contribution in [3.63, 3.8) is 0 Å². The van der Waals surface area contributed by atoms with Crippen molar-refractivity contribution in [2.45, 2.75) is 25.6 Å². The zero-order chi connectivity index (χ0) is 16.3. The number of benzene rings is 2. The summed E-state index contributed by atoms with van der Waals surface area (Å²) in [6, 6.07) is 18.2. The van der Waals surface area contributed by atoms with Gasteiger partial charge in [-0.3, -0.25) is 4.79 Å². The van der Waals surface area contributed by atoms with Crippen molar-refractivity contribution in [2.75, 3.05) is 0 Å². The minimum atomic E-state index is -0.819. The fraction of sp³-hybridized carbons (Fsp3) is 0.316. The van der Waals surface area contributed by atoms with Crippen LogP contribution in [0.25, 0.3) is 11.1 Å². The highest BCUT2D eigenvalue weighted by atomic mass is 35.5. The largest absolute Gasteiger partial charge is 0.481 e. The molecule has 3 atom stereocenters. The summed E-state index contributed by atoms with van der Waals surface area (Å²) < 4.78 is 0. The Morgan fingerprint density at radius 1 is 1.00 bits per heavy atom. The first-order valence-corrected chi connectivity index (χ1v) is 7.79. The minimum absolute atomic E-state index is 0.186. The van der Waals surface area contributed by atoms with Gasteiger partial charge in [0.2, 0.25) is 0 Å². The minimum Gasteiger partial charge on any atom is -0.481 e. The molecule has 0 aliphatic heterocycles. The normalized spacial score (nSPS) is 16.5. The van der Waals surface area contributed by atoms with Gasteiger partial charge in [0.05, 0.1) is 10.8 Å². The Hall–Kier alpha value is -1.80. The maximum absolute atomic E-state index is 11.2. The van der Waals surface area contributed by atoms with Gasteiger partial charge in [0.15, 0.2) is 0 Å². The molecule has 0 heterocycles. The molecule has 1 N–H and O–H groups in total. The van der Waals surface area contributed by atoms with E-state index in [2.05, 4.69) is 12.1 Å². The van der Waals surface area contributed by atoms with Gasteiger partial charge >= 0.3 is 5.97 Å². The Labute approximate surface area is 136 Å². The molecular weight excluding hydrogens is 296 g/mol. The van der Waals surface area contributed by atoms with Crippen LogP contribution in [0.3, 0.4) is 0 Å². The molecule has 0 aliphatic rings. The van der Waals surface area contributed by atoms with E-state index in [9.17, 15) is 9.90 Å². The van der Waals surface area contributed by atoms with E-state index in [0.29, 0.717) is 0 Å². The summed E-state index contributed by atoms with van der Waals surface area (Å²) in [7, 11) is 0. The van der Waals surface area contributed by atoms with Gasteiger partial charge in [0, 0.05) is 0 Å². The van der Waals surface area contributed by atoms with Crippen LogP contribution in [0.4, 0.5) is 0 Å². The number of hydrogen-bond donors (Lipinski definition) is 1. The van der Waals surface area contributed by atoms with Crippen LogP contribution >= 0.6 is 11.6 Å². The van der Waals surface area contributed by atoms with Crippen molar-refractivity contribution in [3.8, 4) is 11.1 Å². The number of carbonyl (C=O) groups is 1. The second-order valence-electron chi connectivity index (χ2n) is 5.93. The van der Waals surface area contributed by atoms with Crippen molar-refractivity contribution >= 4 is 17.6 Å². The lowest BCUT2D eigenvalue weighted by molar-refractivity contribution is -0.143. The van der Waals surface area contributed by atoms with Crippen molar-refractivity contribution in [1.29, 1.82) is 0 Å². The number of aliphatic carboxylic acids is 1. The maximum Gasteiger partial charge on any atom is 0.306 e. The Kier molecular flexibility index (Phi) is 4.92. The molecule has 0 radical (unpaired) electrons. The summed E-state index contributed by atoms with van der Waals surface area (Å²) in [6.45, 7) is 5.47. The van der Waals surface area contributed by atoms with Gasteiger partial charge in [0.25, 0.3) is 0 Å². The van der Waals surface area contributed by atoms with Crippen molar-refractivity contribution in [2.24, 2.45) is 11.8 Å². The third-order valence-electron chi connectivity index (χ3n) is 4.55. The second-order valence-corrected chi connectivity index (χ2v) is 6.72. The Morgan fingerprint density at radius 2 is 1.50 bits per heavy atom. The number of carboxylic acids is 1. The molecule has 0 saturated heterocycles. The van der Waals surface area contributed by atoms with Gasteiger partial charge in [-0.05, 0) is 29.5 Å². The van der Waals surface area contributed by atoms with E-state index < -0.39 is 16.8 Å². The molecule has 2 rings (SSSR count). The Balaban J connectivity index is 2.27. The van der Waals surface area contributed by atoms with Gasteiger partial charge in [-0.15, -0.1) is 11.6 Å². The van der Waals surface area contributed by atoms with Crippen LogP contribution in [-0.2, 0) is 9.67 Å². The number of alkyl halides is 1. The molecule has 0 amide bonds. The third-order valence-corrected chi connectivity index (χ3v) is 5.11. The predicted molar refractivity (Wildman–Crippen MR) is 91.0 cm³/mol. The molecule has 0 bridgehead atoms. The lowest BCUT2D eigenvalue weighted by Crippen LogP contribution is -2.32. The average molecular weight is 317 g/mol. The second kappa shape index (κ2) is 6.53. The van der Waals surface area contributed by atoms with E-state index in [-0.39, 0.29) is 5.92 Å². The molecule has 2 nitrogen and oxygen atoms in total. The standard InChI is InChI=1S/C19H21ClO2/c1-13(18(21)22)14(2)19(3,20)17-11-9-16(10-12-17)15-7-5-4-6-8-15/h4-14H,1-3H3,(H,21,22). The molecule has 2 aromatic rings. The first kappa shape index (κ1) is 16.6. The van der Waals surface area contributed by atoms with Crippen LogP contribution in [0.5, 0.6) is 0 Å². The molecular formula is C19H21ClO2. The fourth-order valence-electron chi connectivity index (χ4n) is 2.57. The van der Waals surface area contributed by atoms with Crippen LogP contribution in [0.2, 0.25) is 0 Å². The van der Waals surface area contributed by atoms with Gasteiger partial charge in [-0.25, -0.2) is 0 Å². The molecule has 0 aromatic heterocycles. The average Bonchev–Trinajstić information content (AvgIpc) is 2.54. The van der Waals surface area contributed by atoms with Crippen molar-refractivity contribution < 1.29 is 9.90 Å². The molecule has 2 aromatic carbocycles. The van der Waals surface area contributed by atoms with E-state index in [4.69, 9.17) is 11.6 Å². The van der Waals surface area contributed by atoms with E-state index in [0.717, 1.165) is 16.7 Å². The molecule has 0 saturated carbocycles. The quantitative estimate of drug-likeness (QED) is 0.773. The van der Waals surface area contributed by atoms with Gasteiger partial charge in [-0.1, -0.05) is 68.4 Å². The third kappa shape index (κ3) is 3.33. The van der Waals surface area contributed by atoms with Crippen LogP contribution in [0.1, 0.15) is 26.3 Å². The highest BCUT2D eigenvalue weighted by molar-refractivity contribution is 6.24. The summed E-state index contributed by atoms with van der Waals surface area (Å²) in [5, 5.41) is 9.20. The molecule has 3 unspecified atom stereocenters. The summed E-state index contributed by atoms with van der Waals surface area (Å²) in [5.74, 6) is -1.51. The summed E-state index contributed by atoms with van der Waals surface area (Å²) in [6.07, 6.45) is 0.